The van der Waals surface area contributed by atoms with Crippen LogP contribution < -0.4 is 0 Å². The minimum Gasteiger partial charge on any atom is -0.0882 e. The van der Waals surface area contributed by atoms with Gasteiger partial charge in [-0.1, -0.05) is 19.1 Å². The van der Waals surface area contributed by atoms with Crippen LogP contribution >= 0.6 is 0 Å². The van der Waals surface area contributed by atoms with E-state index < -0.39 is 0 Å². The molecule has 1 rings (SSSR count). The summed E-state index contributed by atoms with van der Waals surface area (Å²) in [5.74, 6) is 1.45. The molecule has 0 bridgehead atoms. The van der Waals surface area contributed by atoms with Gasteiger partial charge in [0.2, 0.25) is 0 Å². The van der Waals surface area contributed by atoms with Crippen LogP contribution in [-0.4, -0.2) is 0 Å². The van der Waals surface area contributed by atoms with Gasteiger partial charge >= 0.3 is 0 Å². The predicted molar refractivity (Wildman–Crippen MR) is 41.0 cm³/mol. The lowest BCUT2D eigenvalue weighted by atomic mass is 9.97. The van der Waals surface area contributed by atoms with Gasteiger partial charge in [0.15, 0.2) is 0 Å². The molecule has 0 saturated carbocycles. The second-order valence-corrected chi connectivity index (χ2v) is 3.11. The number of rotatable bonds is 0. The molecule has 51 valence electrons. The van der Waals surface area contributed by atoms with Crippen molar-refractivity contribution in [3.63, 3.8) is 0 Å². The molecule has 1 radical (unpaired) electrons. The summed E-state index contributed by atoms with van der Waals surface area (Å²) in [7, 11) is 0. The van der Waals surface area contributed by atoms with Crippen LogP contribution in [0, 0.1) is 18.8 Å². The number of hydrogen-bond acceptors (Lipinski definition) is 0. The Kier molecular flexibility index (Phi) is 2.32. The van der Waals surface area contributed by atoms with Crippen molar-refractivity contribution < 1.29 is 0 Å². The normalized spacial score (nSPS) is 36.2. The Hall–Kier alpha value is -0.260. The van der Waals surface area contributed by atoms with Crippen molar-refractivity contribution in [3.05, 3.63) is 19.1 Å². The lowest BCUT2D eigenvalue weighted by Crippen LogP contribution is -1.97. The maximum atomic E-state index is 4.02. The van der Waals surface area contributed by atoms with E-state index in [0.29, 0.717) is 5.92 Å². The third-order valence-electron chi connectivity index (χ3n) is 1.94. The first-order chi connectivity index (χ1) is 4.29. The maximum absolute atomic E-state index is 4.02. The molecular weight excluding hydrogens is 108 g/mol. The molecule has 1 aliphatic carbocycles. The van der Waals surface area contributed by atoms with Crippen molar-refractivity contribution in [2.45, 2.75) is 26.2 Å². The van der Waals surface area contributed by atoms with Gasteiger partial charge in [0, 0.05) is 0 Å². The maximum Gasteiger partial charge on any atom is -0.0231 e. The minimum atomic E-state index is 0.572. The highest BCUT2D eigenvalue weighted by Crippen LogP contribution is 2.21. The van der Waals surface area contributed by atoms with Crippen LogP contribution in [0.25, 0.3) is 0 Å². The van der Waals surface area contributed by atoms with E-state index in [1.807, 2.05) is 0 Å². The molecule has 0 saturated heterocycles. The third kappa shape index (κ3) is 2.21. The van der Waals surface area contributed by atoms with Crippen molar-refractivity contribution in [1.29, 1.82) is 0 Å². The average Bonchev–Trinajstić information content (AvgIpc) is 1.93. The van der Waals surface area contributed by atoms with E-state index in [-0.39, 0.29) is 0 Å². The van der Waals surface area contributed by atoms with Gasteiger partial charge in [-0.15, -0.1) is 0 Å². The van der Waals surface area contributed by atoms with Crippen molar-refractivity contribution in [2.75, 3.05) is 0 Å². The Bertz CT molecular complexity index is 103. The zero-order valence-electron chi connectivity index (χ0n) is 6.14. The first-order valence-corrected chi connectivity index (χ1v) is 3.79. The molecule has 0 aromatic carbocycles. The summed E-state index contributed by atoms with van der Waals surface area (Å²) in [6.45, 7) is 6.33. The van der Waals surface area contributed by atoms with E-state index in [4.69, 9.17) is 0 Å². The molecule has 2 unspecified atom stereocenters. The highest BCUT2D eigenvalue weighted by atomic mass is 14.1. The first kappa shape index (κ1) is 6.85. The first-order valence-electron chi connectivity index (χ1n) is 3.79. The molecule has 0 fully saturated rings. The van der Waals surface area contributed by atoms with E-state index >= 15 is 0 Å². The van der Waals surface area contributed by atoms with Crippen molar-refractivity contribution in [1.82, 2.24) is 0 Å². The Morgan fingerprint density at radius 1 is 1.56 bits per heavy atom. The van der Waals surface area contributed by atoms with Crippen LogP contribution in [0.15, 0.2) is 12.2 Å². The monoisotopic (exact) mass is 123 g/mol. The lowest BCUT2D eigenvalue weighted by Gasteiger charge is -2.08. The van der Waals surface area contributed by atoms with Crippen molar-refractivity contribution in [3.8, 4) is 0 Å². The number of allylic oxidation sites excluding steroid dienone is 2. The fourth-order valence-electron chi connectivity index (χ4n) is 1.38. The zero-order chi connectivity index (χ0) is 6.69. The second kappa shape index (κ2) is 3.05. The molecule has 0 heterocycles. The molecule has 2 atom stereocenters. The van der Waals surface area contributed by atoms with Crippen LogP contribution in [0.1, 0.15) is 26.2 Å². The molecule has 0 aliphatic heterocycles. The van der Waals surface area contributed by atoms with Gasteiger partial charge in [-0.05, 0) is 38.0 Å². The van der Waals surface area contributed by atoms with Crippen molar-refractivity contribution >= 4 is 0 Å². The van der Waals surface area contributed by atoms with Crippen molar-refractivity contribution in [2.24, 2.45) is 11.8 Å². The van der Waals surface area contributed by atoms with E-state index in [1.54, 1.807) is 0 Å². The quantitative estimate of drug-likeness (QED) is 0.434. The topological polar surface area (TPSA) is 0 Å². The third-order valence-corrected chi connectivity index (χ3v) is 1.94. The Labute approximate surface area is 58.0 Å². The van der Waals surface area contributed by atoms with E-state index in [9.17, 15) is 0 Å². The van der Waals surface area contributed by atoms with Gasteiger partial charge in [0.05, 0.1) is 0 Å². The molecule has 0 N–H and O–H groups in total. The molecule has 0 aromatic heterocycles. The summed E-state index contributed by atoms with van der Waals surface area (Å²) >= 11 is 0. The van der Waals surface area contributed by atoms with E-state index in [2.05, 4.69) is 26.0 Å². The summed E-state index contributed by atoms with van der Waals surface area (Å²) in [5.41, 5.74) is 0. The second-order valence-electron chi connectivity index (χ2n) is 3.11. The lowest BCUT2D eigenvalue weighted by molar-refractivity contribution is 0.474. The fraction of sp³-hybridized carbons (Fsp3) is 0.667. The molecule has 0 spiro atoms. The molecule has 1 aliphatic rings. The van der Waals surface area contributed by atoms with Crippen LogP contribution in [0.2, 0.25) is 0 Å². The van der Waals surface area contributed by atoms with Crippen LogP contribution in [0.3, 0.4) is 0 Å². The largest absolute Gasteiger partial charge is 0.0882 e. The van der Waals surface area contributed by atoms with Gasteiger partial charge in [-0.25, -0.2) is 0 Å². The zero-order valence-corrected chi connectivity index (χ0v) is 6.14. The highest BCUT2D eigenvalue weighted by Gasteiger charge is 2.07. The Balaban J connectivity index is 2.40. The molecule has 9 heavy (non-hydrogen) atoms. The summed E-state index contributed by atoms with van der Waals surface area (Å²) < 4.78 is 0. The molecule has 0 amide bonds. The molecule has 0 aromatic rings. The summed E-state index contributed by atoms with van der Waals surface area (Å²) in [6.07, 6.45) is 8.39. The smallest absolute Gasteiger partial charge is 0.0231 e. The molecular formula is C9H15. The van der Waals surface area contributed by atoms with Crippen LogP contribution in [0.5, 0.6) is 0 Å². The molecule has 0 heteroatoms. The van der Waals surface area contributed by atoms with Gasteiger partial charge in [0.25, 0.3) is 0 Å². The van der Waals surface area contributed by atoms with E-state index in [1.165, 1.54) is 19.3 Å². The highest BCUT2D eigenvalue weighted by molar-refractivity contribution is 4.93. The predicted octanol–water partition coefficient (Wildman–Crippen LogP) is 2.81. The van der Waals surface area contributed by atoms with Gasteiger partial charge in [-0.2, -0.15) is 0 Å². The average molecular weight is 123 g/mol. The summed E-state index contributed by atoms with van der Waals surface area (Å²) in [6, 6.07) is 0. The summed E-state index contributed by atoms with van der Waals surface area (Å²) in [4.78, 5) is 0. The van der Waals surface area contributed by atoms with E-state index in [0.717, 1.165) is 5.92 Å². The summed E-state index contributed by atoms with van der Waals surface area (Å²) in [5, 5.41) is 0. The SMILES string of the molecule is [CH2]C1C=CCCC(C)C1. The van der Waals surface area contributed by atoms with Gasteiger partial charge in [-0.3, -0.25) is 0 Å². The van der Waals surface area contributed by atoms with Gasteiger partial charge in [0.1, 0.15) is 0 Å². The standard InChI is InChI=1S/C9H15/c1-8-5-3-4-6-9(2)7-8/h3,5,8-9H,1,4,6-7H2,2H3. The van der Waals surface area contributed by atoms with Crippen LogP contribution in [0.4, 0.5) is 0 Å². The Morgan fingerprint density at radius 3 is 3.11 bits per heavy atom. The molecule has 0 nitrogen and oxygen atoms in total. The van der Waals surface area contributed by atoms with Gasteiger partial charge < -0.3 is 0 Å². The van der Waals surface area contributed by atoms with Crippen LogP contribution in [-0.2, 0) is 0 Å². The Morgan fingerprint density at radius 2 is 2.33 bits per heavy atom. The number of hydrogen-bond donors (Lipinski definition) is 0. The minimum absolute atomic E-state index is 0.572. The fourth-order valence-corrected chi connectivity index (χ4v) is 1.38.